The summed E-state index contributed by atoms with van der Waals surface area (Å²) in [5.41, 5.74) is 2.62. The summed E-state index contributed by atoms with van der Waals surface area (Å²) in [4.78, 5) is 2.50. The minimum atomic E-state index is 1.06. The van der Waals surface area contributed by atoms with Crippen molar-refractivity contribution in [3.05, 3.63) is 24.3 Å². The van der Waals surface area contributed by atoms with Crippen molar-refractivity contribution < 1.29 is 0 Å². The van der Waals surface area contributed by atoms with Gasteiger partial charge < -0.3 is 10.2 Å². The van der Waals surface area contributed by atoms with Crippen molar-refractivity contribution in [1.82, 2.24) is 0 Å². The molecule has 0 atom stereocenters. The molecule has 18 heavy (non-hydrogen) atoms. The van der Waals surface area contributed by atoms with E-state index in [-0.39, 0.29) is 0 Å². The van der Waals surface area contributed by atoms with Crippen LogP contribution in [-0.2, 0) is 0 Å². The van der Waals surface area contributed by atoms with Gasteiger partial charge in [0.25, 0.3) is 0 Å². The first-order chi connectivity index (χ1) is 8.90. The molecule has 1 aromatic carbocycles. The molecule has 0 amide bonds. The van der Waals surface area contributed by atoms with E-state index >= 15 is 0 Å². The summed E-state index contributed by atoms with van der Waals surface area (Å²) in [5.74, 6) is 2.39. The monoisotopic (exact) mass is 264 g/mol. The van der Waals surface area contributed by atoms with E-state index in [4.69, 9.17) is 0 Å². The van der Waals surface area contributed by atoms with Gasteiger partial charge in [-0.05, 0) is 49.3 Å². The van der Waals surface area contributed by atoms with Crippen LogP contribution in [0.3, 0.4) is 0 Å². The smallest absolute Gasteiger partial charge is 0.0367 e. The van der Waals surface area contributed by atoms with E-state index in [9.17, 15) is 0 Å². The Bertz CT molecular complexity index is 331. The molecule has 0 spiro atoms. The largest absolute Gasteiger partial charge is 0.384 e. The van der Waals surface area contributed by atoms with Crippen molar-refractivity contribution in [3.8, 4) is 0 Å². The Morgan fingerprint density at radius 1 is 1.11 bits per heavy atom. The van der Waals surface area contributed by atoms with Crippen molar-refractivity contribution in [2.24, 2.45) is 0 Å². The first-order valence-electron chi connectivity index (χ1n) is 7.07. The molecule has 2 nitrogen and oxygen atoms in total. The molecule has 100 valence electrons. The van der Waals surface area contributed by atoms with Crippen molar-refractivity contribution in [1.29, 1.82) is 0 Å². The average Bonchev–Trinajstić information content (AvgIpc) is 2.45. The van der Waals surface area contributed by atoms with E-state index in [1.165, 1.54) is 55.2 Å². The van der Waals surface area contributed by atoms with Crippen molar-refractivity contribution in [2.45, 2.75) is 26.2 Å². The third-order valence-electron chi connectivity index (χ3n) is 3.37. The average molecular weight is 264 g/mol. The number of anilines is 2. The second-order valence-electron chi connectivity index (χ2n) is 4.72. The van der Waals surface area contributed by atoms with Gasteiger partial charge in [0.1, 0.15) is 0 Å². The predicted molar refractivity (Wildman–Crippen MR) is 84.0 cm³/mol. The van der Waals surface area contributed by atoms with E-state index < -0.39 is 0 Å². The van der Waals surface area contributed by atoms with Crippen molar-refractivity contribution in [3.63, 3.8) is 0 Å². The second kappa shape index (κ2) is 7.57. The molecule has 1 fully saturated rings. The Morgan fingerprint density at radius 3 is 2.50 bits per heavy atom. The molecule has 0 radical (unpaired) electrons. The summed E-state index contributed by atoms with van der Waals surface area (Å²) in [5, 5.41) is 3.47. The van der Waals surface area contributed by atoms with Gasteiger partial charge in [-0.2, -0.15) is 11.8 Å². The molecule has 0 aromatic heterocycles. The molecule has 1 aliphatic rings. The summed E-state index contributed by atoms with van der Waals surface area (Å²) in [6, 6.07) is 8.92. The minimum absolute atomic E-state index is 1.06. The van der Waals surface area contributed by atoms with Gasteiger partial charge in [0.05, 0.1) is 0 Å². The second-order valence-corrected chi connectivity index (χ2v) is 6.11. The van der Waals surface area contributed by atoms with E-state index in [0.717, 1.165) is 6.54 Å². The molecule has 2 rings (SSSR count). The lowest BCUT2D eigenvalue weighted by Gasteiger charge is -2.28. The number of piperidine rings is 1. The highest BCUT2D eigenvalue weighted by Gasteiger charge is 2.10. The van der Waals surface area contributed by atoms with E-state index in [0.29, 0.717) is 0 Å². The number of hydrogen-bond donors (Lipinski definition) is 1. The zero-order valence-corrected chi connectivity index (χ0v) is 12.1. The number of nitrogens with one attached hydrogen (secondary N) is 1. The van der Waals surface area contributed by atoms with Gasteiger partial charge in [-0.1, -0.05) is 6.92 Å². The van der Waals surface area contributed by atoms with Gasteiger partial charge in [0.15, 0.2) is 0 Å². The molecular weight excluding hydrogens is 240 g/mol. The summed E-state index contributed by atoms with van der Waals surface area (Å²) in [7, 11) is 0. The molecule has 0 saturated carbocycles. The van der Waals surface area contributed by atoms with Crippen molar-refractivity contribution >= 4 is 23.1 Å². The van der Waals surface area contributed by atoms with Crippen LogP contribution in [0.25, 0.3) is 0 Å². The molecular formula is C15H24N2S. The maximum Gasteiger partial charge on any atom is 0.0367 e. The molecule has 0 aliphatic carbocycles. The summed E-state index contributed by atoms with van der Waals surface area (Å²) in [6.07, 6.45) is 4.08. The highest BCUT2D eigenvalue weighted by Crippen LogP contribution is 2.21. The fourth-order valence-electron chi connectivity index (χ4n) is 2.35. The minimum Gasteiger partial charge on any atom is -0.384 e. The lowest BCUT2D eigenvalue weighted by molar-refractivity contribution is 0.578. The molecule has 3 heteroatoms. The maximum atomic E-state index is 3.47. The van der Waals surface area contributed by atoms with Gasteiger partial charge in [0.2, 0.25) is 0 Å². The van der Waals surface area contributed by atoms with Crippen LogP contribution in [0.5, 0.6) is 0 Å². The number of nitrogens with zero attached hydrogens (tertiary/aromatic N) is 1. The molecule has 1 heterocycles. The fraction of sp³-hybridized carbons (Fsp3) is 0.600. The molecule has 1 saturated heterocycles. The maximum absolute atomic E-state index is 3.47. The van der Waals surface area contributed by atoms with Crippen LogP contribution in [0.4, 0.5) is 11.4 Å². The Labute approximate surface area is 115 Å². The van der Waals surface area contributed by atoms with Crippen LogP contribution in [0, 0.1) is 0 Å². The molecule has 1 N–H and O–H groups in total. The summed E-state index contributed by atoms with van der Waals surface area (Å²) >= 11 is 1.98. The Kier molecular flexibility index (Phi) is 5.72. The van der Waals surface area contributed by atoms with E-state index in [2.05, 4.69) is 41.4 Å². The van der Waals surface area contributed by atoms with Gasteiger partial charge in [0, 0.05) is 36.8 Å². The first kappa shape index (κ1) is 13.6. The lowest BCUT2D eigenvalue weighted by atomic mass is 10.1. The Balaban J connectivity index is 1.81. The molecule has 0 unspecified atom stereocenters. The van der Waals surface area contributed by atoms with Crippen LogP contribution in [0.15, 0.2) is 24.3 Å². The van der Waals surface area contributed by atoms with E-state index in [1.807, 2.05) is 11.8 Å². The van der Waals surface area contributed by atoms with Crippen LogP contribution < -0.4 is 10.2 Å². The number of benzene rings is 1. The third-order valence-corrected chi connectivity index (χ3v) is 4.27. The molecule has 1 aliphatic heterocycles. The predicted octanol–water partition coefficient (Wildman–Crippen LogP) is 3.84. The van der Waals surface area contributed by atoms with Gasteiger partial charge >= 0.3 is 0 Å². The van der Waals surface area contributed by atoms with Crippen LogP contribution in [0.2, 0.25) is 0 Å². The van der Waals surface area contributed by atoms with Crippen LogP contribution >= 0.6 is 11.8 Å². The van der Waals surface area contributed by atoms with E-state index in [1.54, 1.807) is 0 Å². The zero-order valence-electron chi connectivity index (χ0n) is 11.3. The number of rotatable bonds is 6. The fourth-order valence-corrected chi connectivity index (χ4v) is 2.89. The molecule has 1 aromatic rings. The number of thioether (sulfide) groups is 1. The molecule has 0 bridgehead atoms. The number of hydrogen-bond acceptors (Lipinski definition) is 3. The highest BCUT2D eigenvalue weighted by molar-refractivity contribution is 7.99. The normalized spacial score (nSPS) is 15.7. The lowest BCUT2D eigenvalue weighted by Crippen LogP contribution is -2.29. The Morgan fingerprint density at radius 2 is 1.83 bits per heavy atom. The SMILES string of the molecule is CCSCCNc1ccc(N2CCCCC2)cc1. The zero-order chi connectivity index (χ0) is 12.6. The topological polar surface area (TPSA) is 15.3 Å². The first-order valence-corrected chi connectivity index (χ1v) is 8.22. The summed E-state index contributed by atoms with van der Waals surface area (Å²) < 4.78 is 0. The van der Waals surface area contributed by atoms with Crippen LogP contribution in [-0.4, -0.2) is 31.1 Å². The highest BCUT2D eigenvalue weighted by atomic mass is 32.2. The van der Waals surface area contributed by atoms with Gasteiger partial charge in [-0.15, -0.1) is 0 Å². The van der Waals surface area contributed by atoms with Gasteiger partial charge in [-0.25, -0.2) is 0 Å². The standard InChI is InChI=1S/C15H24N2S/c1-2-18-13-10-16-14-6-8-15(9-7-14)17-11-4-3-5-12-17/h6-9,16H,2-5,10-13H2,1H3. The quantitative estimate of drug-likeness (QED) is 0.786. The summed E-state index contributed by atoms with van der Waals surface area (Å²) in [6.45, 7) is 5.71. The van der Waals surface area contributed by atoms with Gasteiger partial charge in [-0.3, -0.25) is 0 Å². The Hall–Kier alpha value is -0.830. The third kappa shape index (κ3) is 4.13. The van der Waals surface area contributed by atoms with Crippen molar-refractivity contribution in [2.75, 3.05) is 41.4 Å². The van der Waals surface area contributed by atoms with Crippen LogP contribution in [0.1, 0.15) is 26.2 Å².